The predicted octanol–water partition coefficient (Wildman–Crippen LogP) is 2.76. The largest absolute Gasteiger partial charge is 0.573 e. The molecule has 2 aromatic carbocycles. The highest BCUT2D eigenvalue weighted by Crippen LogP contribution is 2.37. The standard InChI is InChI=1S/C21H18F3N3O5/c22-21(23,24)32-14-7-5-12(6-8-14)9-25-18(28)17-15-3-1-2-4-16(15)19(29)27(17)13-10-26(11-13)20(30)31/h1-8,13,17H,9-11H2,(H,25,28)(H,30,31). The highest BCUT2D eigenvalue weighted by atomic mass is 19.4. The van der Waals surface area contributed by atoms with E-state index in [0.29, 0.717) is 16.7 Å². The van der Waals surface area contributed by atoms with Crippen molar-refractivity contribution in [2.24, 2.45) is 0 Å². The number of benzene rings is 2. The van der Waals surface area contributed by atoms with Crippen molar-refractivity contribution in [2.45, 2.75) is 25.0 Å². The molecule has 8 nitrogen and oxygen atoms in total. The van der Waals surface area contributed by atoms with Crippen molar-refractivity contribution < 1.29 is 37.4 Å². The lowest BCUT2D eigenvalue weighted by atomic mass is 10.0. The van der Waals surface area contributed by atoms with Crippen LogP contribution in [-0.2, 0) is 11.3 Å². The number of nitrogens with one attached hydrogen (secondary N) is 1. The van der Waals surface area contributed by atoms with Crippen LogP contribution in [0.3, 0.4) is 0 Å². The summed E-state index contributed by atoms with van der Waals surface area (Å²) in [7, 11) is 0. The molecule has 0 bridgehead atoms. The molecular formula is C21H18F3N3O5. The van der Waals surface area contributed by atoms with Crippen LogP contribution in [0.1, 0.15) is 27.5 Å². The zero-order valence-electron chi connectivity index (χ0n) is 16.5. The molecule has 1 fully saturated rings. The summed E-state index contributed by atoms with van der Waals surface area (Å²) >= 11 is 0. The third-order valence-electron chi connectivity index (χ3n) is 5.40. The zero-order valence-corrected chi connectivity index (χ0v) is 16.5. The monoisotopic (exact) mass is 449 g/mol. The zero-order chi connectivity index (χ0) is 23.0. The SMILES string of the molecule is O=C(NCc1ccc(OC(F)(F)F)cc1)C1c2ccccc2C(=O)N1C1CN(C(=O)O)C1. The smallest absolute Gasteiger partial charge is 0.465 e. The Morgan fingerprint density at radius 1 is 1.09 bits per heavy atom. The Hall–Kier alpha value is -3.76. The van der Waals surface area contributed by atoms with Crippen molar-refractivity contribution in [1.29, 1.82) is 0 Å². The number of likely N-dealkylation sites (tertiary alicyclic amines) is 1. The third kappa shape index (κ3) is 4.18. The molecule has 0 aliphatic carbocycles. The molecule has 2 N–H and O–H groups in total. The molecule has 2 aliphatic heterocycles. The summed E-state index contributed by atoms with van der Waals surface area (Å²) in [5.41, 5.74) is 1.45. The Kier molecular flexibility index (Phi) is 5.41. The summed E-state index contributed by atoms with van der Waals surface area (Å²) in [5.74, 6) is -1.18. The van der Waals surface area contributed by atoms with E-state index in [1.54, 1.807) is 24.3 Å². The summed E-state index contributed by atoms with van der Waals surface area (Å²) < 4.78 is 40.7. The molecule has 2 heterocycles. The van der Waals surface area contributed by atoms with Crippen molar-refractivity contribution in [1.82, 2.24) is 15.1 Å². The van der Waals surface area contributed by atoms with Gasteiger partial charge in [0.2, 0.25) is 5.91 Å². The first-order chi connectivity index (χ1) is 15.1. The van der Waals surface area contributed by atoms with Crippen molar-refractivity contribution in [2.75, 3.05) is 13.1 Å². The number of nitrogens with zero attached hydrogens (tertiary/aromatic N) is 2. The first kappa shape index (κ1) is 21.5. The van der Waals surface area contributed by atoms with Gasteiger partial charge in [-0.2, -0.15) is 0 Å². The van der Waals surface area contributed by atoms with E-state index < -0.39 is 30.4 Å². The number of alkyl halides is 3. The second kappa shape index (κ2) is 8.06. The molecule has 2 aromatic rings. The molecule has 0 radical (unpaired) electrons. The van der Waals surface area contributed by atoms with Crippen LogP contribution < -0.4 is 10.1 Å². The first-order valence-electron chi connectivity index (χ1n) is 9.66. The molecule has 0 saturated carbocycles. The van der Waals surface area contributed by atoms with E-state index in [-0.39, 0.29) is 31.3 Å². The van der Waals surface area contributed by atoms with E-state index in [4.69, 9.17) is 5.11 Å². The van der Waals surface area contributed by atoms with Crippen LogP contribution in [-0.4, -0.2) is 58.3 Å². The average Bonchev–Trinajstić information content (AvgIpc) is 2.98. The maximum Gasteiger partial charge on any atom is 0.573 e. The second-order valence-electron chi connectivity index (χ2n) is 7.45. The lowest BCUT2D eigenvalue weighted by Crippen LogP contribution is -2.62. The van der Waals surface area contributed by atoms with Gasteiger partial charge in [-0.15, -0.1) is 13.2 Å². The Bertz CT molecular complexity index is 1050. The van der Waals surface area contributed by atoms with E-state index in [9.17, 15) is 27.6 Å². The fourth-order valence-corrected chi connectivity index (χ4v) is 3.86. The van der Waals surface area contributed by atoms with E-state index in [0.717, 1.165) is 17.0 Å². The highest BCUT2D eigenvalue weighted by Gasteiger charge is 2.48. The maximum atomic E-state index is 13.0. The normalized spacial score (nSPS) is 18.2. The summed E-state index contributed by atoms with van der Waals surface area (Å²) in [6.07, 6.45) is -5.89. The van der Waals surface area contributed by atoms with Crippen LogP contribution in [0.5, 0.6) is 5.75 Å². The Labute approximate surface area is 180 Å². The Morgan fingerprint density at radius 3 is 2.38 bits per heavy atom. The molecule has 2 aliphatic rings. The lowest BCUT2D eigenvalue weighted by molar-refractivity contribution is -0.274. The van der Waals surface area contributed by atoms with Gasteiger partial charge in [-0.05, 0) is 29.3 Å². The van der Waals surface area contributed by atoms with E-state index in [2.05, 4.69) is 10.1 Å². The van der Waals surface area contributed by atoms with Gasteiger partial charge in [0.25, 0.3) is 5.91 Å². The van der Waals surface area contributed by atoms with Gasteiger partial charge in [0.05, 0.1) is 6.04 Å². The quantitative estimate of drug-likeness (QED) is 0.732. The summed E-state index contributed by atoms with van der Waals surface area (Å²) in [6, 6.07) is 10.4. The Morgan fingerprint density at radius 2 is 1.75 bits per heavy atom. The first-order valence-corrected chi connectivity index (χ1v) is 9.66. The van der Waals surface area contributed by atoms with Crippen LogP contribution in [0, 0.1) is 0 Å². The minimum Gasteiger partial charge on any atom is -0.465 e. The minimum atomic E-state index is -4.79. The number of fused-ring (bicyclic) bond motifs is 1. The number of hydrogen-bond acceptors (Lipinski definition) is 4. The Balaban J connectivity index is 1.47. The molecular weight excluding hydrogens is 431 g/mol. The molecule has 32 heavy (non-hydrogen) atoms. The van der Waals surface area contributed by atoms with Crippen LogP contribution in [0.4, 0.5) is 18.0 Å². The summed E-state index contributed by atoms with van der Waals surface area (Å²) in [4.78, 5) is 39.6. The van der Waals surface area contributed by atoms with Gasteiger partial charge >= 0.3 is 12.5 Å². The van der Waals surface area contributed by atoms with Crippen molar-refractivity contribution in [3.63, 3.8) is 0 Å². The van der Waals surface area contributed by atoms with Crippen molar-refractivity contribution in [3.8, 4) is 5.75 Å². The molecule has 0 aromatic heterocycles. The van der Waals surface area contributed by atoms with Crippen molar-refractivity contribution >= 4 is 17.9 Å². The topological polar surface area (TPSA) is 99.2 Å². The molecule has 1 saturated heterocycles. The number of rotatable bonds is 5. The lowest BCUT2D eigenvalue weighted by Gasteiger charge is -2.44. The van der Waals surface area contributed by atoms with Crippen LogP contribution in [0.15, 0.2) is 48.5 Å². The third-order valence-corrected chi connectivity index (χ3v) is 5.40. The van der Waals surface area contributed by atoms with E-state index in [1.165, 1.54) is 17.0 Å². The second-order valence-corrected chi connectivity index (χ2v) is 7.45. The molecule has 1 unspecified atom stereocenters. The molecule has 0 spiro atoms. The fraction of sp³-hybridized carbons (Fsp3) is 0.286. The summed E-state index contributed by atoms with van der Waals surface area (Å²) in [5, 5.41) is 11.8. The van der Waals surface area contributed by atoms with Gasteiger partial charge in [-0.3, -0.25) is 9.59 Å². The molecule has 4 rings (SSSR count). The van der Waals surface area contributed by atoms with E-state index >= 15 is 0 Å². The highest BCUT2D eigenvalue weighted by molar-refractivity contribution is 6.05. The van der Waals surface area contributed by atoms with Gasteiger partial charge in [0, 0.05) is 25.2 Å². The number of carbonyl (C=O) groups is 3. The number of ether oxygens (including phenoxy) is 1. The molecule has 3 amide bonds. The number of carbonyl (C=O) groups excluding carboxylic acids is 2. The average molecular weight is 449 g/mol. The molecule has 11 heteroatoms. The van der Waals surface area contributed by atoms with Crippen LogP contribution in [0.25, 0.3) is 0 Å². The van der Waals surface area contributed by atoms with Crippen LogP contribution >= 0.6 is 0 Å². The number of hydrogen-bond donors (Lipinski definition) is 2. The fourth-order valence-electron chi connectivity index (χ4n) is 3.86. The molecule has 1 atom stereocenters. The number of amides is 3. The van der Waals surface area contributed by atoms with Gasteiger partial charge in [0.1, 0.15) is 11.8 Å². The number of carboxylic acid groups (broad SMARTS) is 1. The summed E-state index contributed by atoms with van der Waals surface area (Å²) in [6.45, 7) is 0.247. The number of halogens is 3. The minimum absolute atomic E-state index is 0.0255. The van der Waals surface area contributed by atoms with Gasteiger partial charge in [-0.1, -0.05) is 30.3 Å². The maximum absolute atomic E-state index is 13.0. The molecule has 168 valence electrons. The van der Waals surface area contributed by atoms with Crippen LogP contribution in [0.2, 0.25) is 0 Å². The van der Waals surface area contributed by atoms with Gasteiger partial charge in [-0.25, -0.2) is 4.79 Å². The van der Waals surface area contributed by atoms with Gasteiger partial charge in [0.15, 0.2) is 0 Å². The van der Waals surface area contributed by atoms with Gasteiger partial charge < -0.3 is 25.0 Å². The van der Waals surface area contributed by atoms with E-state index in [1.807, 2.05) is 0 Å². The predicted molar refractivity (Wildman–Crippen MR) is 104 cm³/mol. The van der Waals surface area contributed by atoms with Crippen molar-refractivity contribution in [3.05, 3.63) is 65.2 Å².